The molecule has 426 valence electrons. The Morgan fingerprint density at radius 1 is 0.474 bits per heavy atom. The number of ether oxygens (including phenoxy) is 6. The zero-order chi connectivity index (χ0) is 54.7. The summed E-state index contributed by atoms with van der Waals surface area (Å²) >= 11 is 0. The van der Waals surface area contributed by atoms with Gasteiger partial charge in [-0.15, -0.1) is 0 Å². The molecule has 78 heavy (non-hydrogen) atoms. The maximum Gasteiger partial charge on any atom is 0.252 e. The van der Waals surface area contributed by atoms with Crippen LogP contribution in [0, 0.1) is 0 Å². The van der Waals surface area contributed by atoms with Crippen molar-refractivity contribution in [1.82, 2.24) is 29.9 Å². The van der Waals surface area contributed by atoms with Crippen molar-refractivity contribution in [2.45, 2.75) is 97.7 Å². The van der Waals surface area contributed by atoms with Crippen molar-refractivity contribution in [3.63, 3.8) is 0 Å². The molecule has 2 amide bonds. The molecule has 0 saturated carbocycles. The fourth-order valence-electron chi connectivity index (χ4n) is 10.5. The predicted molar refractivity (Wildman–Crippen MR) is 290 cm³/mol. The van der Waals surface area contributed by atoms with Gasteiger partial charge in [0.1, 0.15) is 23.7 Å². The number of piperidine rings is 2. The molecule has 22 heteroatoms. The van der Waals surface area contributed by atoms with Crippen LogP contribution in [-0.4, -0.2) is 178 Å². The number of hydrogen-bond acceptors (Lipinski definition) is 16. The van der Waals surface area contributed by atoms with Crippen LogP contribution in [0.1, 0.15) is 73.0 Å². The first-order valence-electron chi connectivity index (χ1n) is 27.3. The molecule has 0 radical (unpaired) electrons. The number of fused-ring (bicyclic) bond motifs is 2. The van der Waals surface area contributed by atoms with Gasteiger partial charge in [-0.1, -0.05) is 61.4 Å². The van der Waals surface area contributed by atoms with Crippen LogP contribution in [0.15, 0.2) is 107 Å². The van der Waals surface area contributed by atoms with Crippen LogP contribution in [-0.2, 0) is 61.4 Å². The molecule has 0 aromatic heterocycles. The first kappa shape index (κ1) is 59.1. The van der Waals surface area contributed by atoms with Crippen LogP contribution in [0.3, 0.4) is 0 Å². The van der Waals surface area contributed by atoms with E-state index < -0.39 is 44.1 Å². The van der Waals surface area contributed by atoms with Gasteiger partial charge in [0.05, 0.1) is 74.7 Å². The molecule has 2 aliphatic heterocycles. The molecule has 0 bridgehead atoms. The lowest BCUT2D eigenvalue weighted by Gasteiger charge is -2.35. The van der Waals surface area contributed by atoms with Gasteiger partial charge in [0.25, 0.3) is 11.8 Å². The maximum atomic E-state index is 13.0. The smallest absolute Gasteiger partial charge is 0.252 e. The Morgan fingerprint density at radius 2 is 0.821 bits per heavy atom. The fourth-order valence-corrected chi connectivity index (χ4v) is 12.5. The van der Waals surface area contributed by atoms with E-state index in [0.717, 1.165) is 39.0 Å². The summed E-state index contributed by atoms with van der Waals surface area (Å²) in [5, 5.41) is 25.2. The van der Waals surface area contributed by atoms with E-state index in [0.29, 0.717) is 11.5 Å². The van der Waals surface area contributed by atoms with Gasteiger partial charge in [0.15, 0.2) is 12.2 Å². The topological polar surface area (TPSA) is 253 Å². The maximum absolute atomic E-state index is 13.0. The number of rotatable bonds is 31. The summed E-state index contributed by atoms with van der Waals surface area (Å²) in [7, 11) is -7.60. The summed E-state index contributed by atoms with van der Waals surface area (Å²) in [4.78, 5) is 30.0. The molecule has 2 heterocycles. The van der Waals surface area contributed by atoms with E-state index >= 15 is 0 Å². The summed E-state index contributed by atoms with van der Waals surface area (Å²) in [6.45, 7) is 5.06. The molecule has 8 rings (SSSR count). The molecule has 2 saturated heterocycles. The van der Waals surface area contributed by atoms with Gasteiger partial charge in [-0.2, -0.15) is 0 Å². The minimum atomic E-state index is -3.80. The second kappa shape index (κ2) is 29.4. The van der Waals surface area contributed by atoms with Gasteiger partial charge >= 0.3 is 0 Å². The highest BCUT2D eigenvalue weighted by Crippen LogP contribution is 2.40. The lowest BCUT2D eigenvalue weighted by Crippen LogP contribution is -2.50. The number of likely N-dealkylation sites (tertiary alicyclic amines) is 2. The number of nitrogens with zero attached hydrogens (tertiary/aromatic N) is 2. The lowest BCUT2D eigenvalue weighted by atomic mass is 10.0. The van der Waals surface area contributed by atoms with E-state index in [4.69, 9.17) is 28.4 Å². The molecular formula is C56H76N6O14S2. The first-order valence-corrected chi connectivity index (χ1v) is 30.2. The normalized spacial score (nSPS) is 20.6. The van der Waals surface area contributed by atoms with Crippen LogP contribution >= 0.6 is 0 Å². The highest BCUT2D eigenvalue weighted by Gasteiger charge is 2.40. The van der Waals surface area contributed by atoms with Gasteiger partial charge < -0.3 is 49.3 Å². The van der Waals surface area contributed by atoms with Crippen molar-refractivity contribution < 1.29 is 65.1 Å². The van der Waals surface area contributed by atoms with Crippen molar-refractivity contribution in [2.75, 3.05) is 105 Å². The average molecular weight is 1120 g/mol. The molecule has 20 nitrogen and oxygen atoms in total. The number of amides is 2. The second-order valence-electron chi connectivity index (χ2n) is 19.9. The van der Waals surface area contributed by atoms with Gasteiger partial charge in [-0.05, 0) is 135 Å². The Morgan fingerprint density at radius 3 is 1.19 bits per heavy atom. The molecule has 0 spiro atoms. The van der Waals surface area contributed by atoms with Gasteiger partial charge in [0, 0.05) is 26.2 Å². The number of benzene rings is 4. The molecule has 4 aromatic carbocycles. The van der Waals surface area contributed by atoms with Crippen molar-refractivity contribution in [1.29, 1.82) is 0 Å². The molecule has 4 aliphatic rings. The Hall–Kier alpha value is -5.08. The van der Waals surface area contributed by atoms with E-state index in [9.17, 15) is 36.6 Å². The molecule has 2 unspecified atom stereocenters. The molecule has 2 aliphatic carbocycles. The van der Waals surface area contributed by atoms with Crippen LogP contribution < -0.4 is 29.6 Å². The summed E-state index contributed by atoms with van der Waals surface area (Å²) < 4.78 is 91.9. The second-order valence-corrected chi connectivity index (χ2v) is 23.4. The van der Waals surface area contributed by atoms with Crippen LogP contribution in [0.2, 0.25) is 0 Å². The average Bonchev–Trinajstić information content (AvgIpc) is 4.02. The van der Waals surface area contributed by atoms with E-state index in [1.54, 1.807) is 24.3 Å². The summed E-state index contributed by atoms with van der Waals surface area (Å²) in [6.07, 6.45) is 4.74. The van der Waals surface area contributed by atoms with Gasteiger partial charge in [-0.25, -0.2) is 26.3 Å². The largest absolute Gasteiger partial charge is 0.484 e. The highest BCUT2D eigenvalue weighted by molar-refractivity contribution is 7.89. The molecule has 2 fully saturated rings. The SMILES string of the molecule is O=C(NCCOCCOCCNS(=O)(=O)c1ccc(O[C@H]2c3ccccc3CC2N2CCCCC2)cc1)[C@H](O)[C@@H](O)C(=O)NCCOCCOCCNS(=O)(=O)c1ccc(O[C@H]2c3ccccc3CC2N2CCCCC2)cc1. The standard InChI is InChI=1S/C56H76N6O14S2/c63-51(55(65)57-23-31-71-35-37-73-33-25-59-77(67,68)45-19-15-43(16-20-45)75-53-47-13-5-3-11-41(47)39-49(53)61-27-7-1-8-28-61)52(64)56(66)58-24-32-72-36-38-74-34-26-60-78(69,70)46-21-17-44(18-22-46)76-54-48-14-6-4-12-42(48)40-50(54)62-29-9-2-10-30-62/h3-6,11-22,49-54,59-60,63-64H,1-2,7-10,23-40H2,(H,57,65)(H,58,66)/t49?,50?,51-,52-,53+,54+/m1/s1. The minimum Gasteiger partial charge on any atom is -0.484 e. The third-order valence-corrected chi connectivity index (χ3v) is 17.5. The Kier molecular flexibility index (Phi) is 22.3. The number of sulfonamides is 2. The number of aliphatic hydroxyl groups excluding tert-OH is 2. The molecule has 6 atom stereocenters. The third-order valence-electron chi connectivity index (χ3n) is 14.5. The van der Waals surface area contributed by atoms with Crippen LogP contribution in [0.4, 0.5) is 0 Å². The van der Waals surface area contributed by atoms with Crippen LogP contribution in [0.25, 0.3) is 0 Å². The molecular weight excluding hydrogens is 1040 g/mol. The van der Waals surface area contributed by atoms with E-state index in [-0.39, 0.29) is 113 Å². The fraction of sp³-hybridized carbons (Fsp3) is 0.536. The van der Waals surface area contributed by atoms with Crippen molar-refractivity contribution in [3.05, 3.63) is 119 Å². The number of carbonyl (C=O) groups excluding carboxylic acids is 2. The van der Waals surface area contributed by atoms with Crippen molar-refractivity contribution >= 4 is 31.9 Å². The van der Waals surface area contributed by atoms with Gasteiger partial charge in [0.2, 0.25) is 20.0 Å². The quantitative estimate of drug-likeness (QED) is 0.0396. The Labute approximate surface area is 458 Å². The minimum absolute atomic E-state index is 0.0253. The zero-order valence-electron chi connectivity index (χ0n) is 44.2. The zero-order valence-corrected chi connectivity index (χ0v) is 45.8. The van der Waals surface area contributed by atoms with Crippen molar-refractivity contribution in [2.24, 2.45) is 0 Å². The highest BCUT2D eigenvalue weighted by atomic mass is 32.2. The molecule has 6 N–H and O–H groups in total. The van der Waals surface area contributed by atoms with Gasteiger partial charge in [-0.3, -0.25) is 19.4 Å². The number of nitrogens with one attached hydrogen (secondary N) is 4. The lowest BCUT2D eigenvalue weighted by molar-refractivity contribution is -0.146. The number of hydrogen-bond donors (Lipinski definition) is 6. The van der Waals surface area contributed by atoms with Crippen LogP contribution in [0.5, 0.6) is 11.5 Å². The number of carbonyl (C=O) groups is 2. The van der Waals surface area contributed by atoms with E-state index in [1.807, 2.05) is 12.1 Å². The Bertz CT molecular complexity index is 2560. The molecule has 4 aromatic rings. The Balaban J connectivity index is 0.611. The van der Waals surface area contributed by atoms with E-state index in [1.165, 1.54) is 85.0 Å². The van der Waals surface area contributed by atoms with Crippen molar-refractivity contribution in [3.8, 4) is 11.5 Å². The van der Waals surface area contributed by atoms with E-state index in [2.05, 4.69) is 66.3 Å². The summed E-state index contributed by atoms with van der Waals surface area (Å²) in [5.74, 6) is -0.735. The monoisotopic (exact) mass is 1120 g/mol. The first-order chi connectivity index (χ1) is 37.9. The summed E-state index contributed by atoms with van der Waals surface area (Å²) in [6, 6.07) is 30.1. The third kappa shape index (κ3) is 16.5. The predicted octanol–water partition coefficient (Wildman–Crippen LogP) is 3.03. The summed E-state index contributed by atoms with van der Waals surface area (Å²) in [5.41, 5.74) is 4.94. The number of aliphatic hydroxyl groups is 2.